The number of nitrogens with one attached hydrogen (secondary N) is 1. The largest absolute Gasteiger partial charge is 0.382 e. The van der Waals surface area contributed by atoms with E-state index in [0.29, 0.717) is 21.8 Å². The SMILES string of the molecule is CC1(C)C(c2[nH]nc(N)c2-c2ccc(Cl)cc2Cl)C1(C)C. The molecule has 1 aromatic carbocycles. The van der Waals surface area contributed by atoms with Crippen molar-refractivity contribution in [1.82, 2.24) is 10.2 Å². The molecule has 0 amide bonds. The van der Waals surface area contributed by atoms with Gasteiger partial charge in [-0.05, 0) is 23.0 Å². The Morgan fingerprint density at radius 2 is 1.76 bits per heavy atom. The molecule has 3 rings (SSSR count). The Morgan fingerprint density at radius 3 is 2.29 bits per heavy atom. The van der Waals surface area contributed by atoms with Crippen LogP contribution in [0.2, 0.25) is 10.0 Å². The molecule has 1 heterocycles. The lowest BCUT2D eigenvalue weighted by atomic mass is 9.99. The van der Waals surface area contributed by atoms with E-state index >= 15 is 0 Å². The van der Waals surface area contributed by atoms with Crippen LogP contribution in [0.1, 0.15) is 39.3 Å². The van der Waals surface area contributed by atoms with E-state index in [0.717, 1.165) is 16.8 Å². The van der Waals surface area contributed by atoms with Crippen LogP contribution in [0.5, 0.6) is 0 Å². The molecule has 3 nitrogen and oxygen atoms in total. The third-order valence-corrected chi connectivity index (χ3v) is 5.88. The highest BCUT2D eigenvalue weighted by Gasteiger charge is 2.66. The Kier molecular flexibility index (Phi) is 3.09. The van der Waals surface area contributed by atoms with Crippen molar-refractivity contribution in [2.45, 2.75) is 33.6 Å². The number of aromatic amines is 1. The minimum Gasteiger partial charge on any atom is -0.382 e. The van der Waals surface area contributed by atoms with E-state index in [2.05, 4.69) is 37.9 Å². The van der Waals surface area contributed by atoms with E-state index in [-0.39, 0.29) is 10.8 Å². The number of H-pyrrole nitrogens is 1. The smallest absolute Gasteiger partial charge is 0.153 e. The average Bonchev–Trinajstić information content (AvgIpc) is 2.65. The lowest BCUT2D eigenvalue weighted by Gasteiger charge is -2.08. The zero-order valence-corrected chi connectivity index (χ0v) is 14.1. The maximum atomic E-state index is 6.35. The highest BCUT2D eigenvalue weighted by molar-refractivity contribution is 6.36. The average molecular weight is 324 g/mol. The molecular formula is C16H19Cl2N3. The summed E-state index contributed by atoms with van der Waals surface area (Å²) in [6, 6.07) is 5.46. The van der Waals surface area contributed by atoms with Crippen molar-refractivity contribution in [3.05, 3.63) is 33.9 Å². The molecule has 0 saturated heterocycles. The first kappa shape index (κ1) is 14.7. The molecule has 0 radical (unpaired) electrons. The minimum absolute atomic E-state index is 0.194. The quantitative estimate of drug-likeness (QED) is 0.806. The standard InChI is InChI=1S/C16H19Cl2N3/c1-15(2)13(16(15,3)4)12-11(14(19)21-20-12)9-6-5-8(17)7-10(9)18/h5-7,13H,1-4H3,(H3,19,20,21). The van der Waals surface area contributed by atoms with Gasteiger partial charge < -0.3 is 5.73 Å². The van der Waals surface area contributed by atoms with E-state index in [4.69, 9.17) is 28.9 Å². The molecule has 1 aromatic heterocycles. The van der Waals surface area contributed by atoms with Crippen molar-refractivity contribution in [3.63, 3.8) is 0 Å². The van der Waals surface area contributed by atoms with Gasteiger partial charge in [0.15, 0.2) is 5.82 Å². The summed E-state index contributed by atoms with van der Waals surface area (Å²) in [7, 11) is 0. The number of nitrogens with zero attached hydrogens (tertiary/aromatic N) is 1. The summed E-state index contributed by atoms with van der Waals surface area (Å²) in [5, 5.41) is 8.53. The first-order valence-corrected chi connectivity index (χ1v) is 7.72. The number of hydrogen-bond acceptors (Lipinski definition) is 2. The second-order valence-electron chi connectivity index (χ2n) is 6.90. The van der Waals surface area contributed by atoms with Gasteiger partial charge in [0.1, 0.15) is 0 Å². The fourth-order valence-electron chi connectivity index (χ4n) is 3.47. The van der Waals surface area contributed by atoms with Gasteiger partial charge in [0, 0.05) is 27.8 Å². The molecular weight excluding hydrogens is 305 g/mol. The number of halogens is 2. The summed E-state index contributed by atoms with van der Waals surface area (Å²) in [5.74, 6) is 0.851. The van der Waals surface area contributed by atoms with Gasteiger partial charge in [-0.3, -0.25) is 5.10 Å². The molecule has 3 N–H and O–H groups in total. The highest BCUT2D eigenvalue weighted by Crippen LogP contribution is 2.74. The second-order valence-corrected chi connectivity index (χ2v) is 7.74. The van der Waals surface area contributed by atoms with Crippen LogP contribution in [-0.4, -0.2) is 10.2 Å². The predicted molar refractivity (Wildman–Crippen MR) is 88.8 cm³/mol. The van der Waals surface area contributed by atoms with Crippen LogP contribution >= 0.6 is 23.2 Å². The summed E-state index contributed by atoms with van der Waals surface area (Å²) in [5.41, 5.74) is 9.32. The number of benzene rings is 1. The van der Waals surface area contributed by atoms with Crippen molar-refractivity contribution in [1.29, 1.82) is 0 Å². The van der Waals surface area contributed by atoms with Crippen LogP contribution in [0.4, 0.5) is 5.82 Å². The van der Waals surface area contributed by atoms with E-state index < -0.39 is 0 Å². The summed E-state index contributed by atoms with van der Waals surface area (Å²) in [6.45, 7) is 9.06. The van der Waals surface area contributed by atoms with Crippen molar-refractivity contribution in [3.8, 4) is 11.1 Å². The number of aromatic nitrogens is 2. The molecule has 1 aliphatic rings. The fourth-order valence-corrected chi connectivity index (χ4v) is 3.98. The summed E-state index contributed by atoms with van der Waals surface area (Å²) in [4.78, 5) is 0. The topological polar surface area (TPSA) is 54.7 Å². The second kappa shape index (κ2) is 4.40. The van der Waals surface area contributed by atoms with Crippen LogP contribution in [-0.2, 0) is 0 Å². The molecule has 0 aliphatic heterocycles. The zero-order valence-electron chi connectivity index (χ0n) is 12.6. The Labute approximate surface area is 134 Å². The van der Waals surface area contributed by atoms with Gasteiger partial charge >= 0.3 is 0 Å². The summed E-state index contributed by atoms with van der Waals surface area (Å²) >= 11 is 12.3. The molecule has 5 heteroatoms. The van der Waals surface area contributed by atoms with Gasteiger partial charge in [-0.25, -0.2) is 0 Å². The third-order valence-electron chi connectivity index (χ3n) is 5.33. The Hall–Kier alpha value is -1.19. The highest BCUT2D eigenvalue weighted by atomic mass is 35.5. The number of hydrogen-bond donors (Lipinski definition) is 2. The number of anilines is 1. The van der Waals surface area contributed by atoms with Crippen LogP contribution in [0, 0.1) is 10.8 Å². The number of nitrogens with two attached hydrogens (primary N) is 1. The predicted octanol–water partition coefficient (Wildman–Crippen LogP) is 5.12. The number of nitrogen functional groups attached to an aromatic ring is 1. The molecule has 0 atom stereocenters. The molecule has 0 spiro atoms. The van der Waals surface area contributed by atoms with E-state index in [1.54, 1.807) is 6.07 Å². The van der Waals surface area contributed by atoms with Gasteiger partial charge in [-0.15, -0.1) is 0 Å². The molecule has 1 saturated carbocycles. The Bertz CT molecular complexity index is 702. The van der Waals surface area contributed by atoms with Crippen LogP contribution in [0.25, 0.3) is 11.1 Å². The minimum atomic E-state index is 0.194. The Morgan fingerprint density at radius 1 is 1.14 bits per heavy atom. The maximum absolute atomic E-state index is 6.35. The molecule has 112 valence electrons. The van der Waals surface area contributed by atoms with Crippen LogP contribution in [0.3, 0.4) is 0 Å². The summed E-state index contributed by atoms with van der Waals surface area (Å²) in [6.07, 6.45) is 0. The van der Waals surface area contributed by atoms with Gasteiger partial charge in [0.2, 0.25) is 0 Å². The van der Waals surface area contributed by atoms with E-state index in [1.807, 2.05) is 12.1 Å². The molecule has 2 aromatic rings. The van der Waals surface area contributed by atoms with Crippen molar-refractivity contribution >= 4 is 29.0 Å². The lowest BCUT2D eigenvalue weighted by molar-refractivity contribution is 0.457. The van der Waals surface area contributed by atoms with Crippen LogP contribution < -0.4 is 5.73 Å². The molecule has 1 fully saturated rings. The zero-order chi connectivity index (χ0) is 15.6. The van der Waals surface area contributed by atoms with Crippen LogP contribution in [0.15, 0.2) is 18.2 Å². The third kappa shape index (κ3) is 1.98. The van der Waals surface area contributed by atoms with Gasteiger partial charge in [0.25, 0.3) is 0 Å². The maximum Gasteiger partial charge on any atom is 0.153 e. The van der Waals surface area contributed by atoms with Crippen molar-refractivity contribution in [2.24, 2.45) is 10.8 Å². The molecule has 1 aliphatic carbocycles. The molecule has 0 bridgehead atoms. The van der Waals surface area contributed by atoms with E-state index in [1.165, 1.54) is 0 Å². The van der Waals surface area contributed by atoms with Gasteiger partial charge in [0.05, 0.1) is 5.02 Å². The normalized spacial score (nSPS) is 19.7. The fraction of sp³-hybridized carbons (Fsp3) is 0.438. The molecule has 21 heavy (non-hydrogen) atoms. The number of rotatable bonds is 2. The first-order chi connectivity index (χ1) is 9.68. The first-order valence-electron chi connectivity index (χ1n) is 6.97. The Balaban J connectivity index is 2.15. The van der Waals surface area contributed by atoms with Crippen molar-refractivity contribution < 1.29 is 0 Å². The van der Waals surface area contributed by atoms with Crippen molar-refractivity contribution in [2.75, 3.05) is 5.73 Å². The van der Waals surface area contributed by atoms with E-state index in [9.17, 15) is 0 Å². The van der Waals surface area contributed by atoms with Gasteiger partial charge in [-0.1, -0.05) is 57.0 Å². The lowest BCUT2D eigenvalue weighted by Crippen LogP contribution is -1.95. The van der Waals surface area contributed by atoms with Gasteiger partial charge in [-0.2, -0.15) is 5.10 Å². The molecule has 0 unspecified atom stereocenters. The summed E-state index contributed by atoms with van der Waals surface area (Å²) < 4.78 is 0. The monoisotopic (exact) mass is 323 g/mol.